The first-order chi connectivity index (χ1) is 17.8. The van der Waals surface area contributed by atoms with Crippen molar-refractivity contribution >= 4 is 16.9 Å². The average molecular weight is 508 g/mol. The second-order valence-corrected chi connectivity index (χ2v) is 10.0. The van der Waals surface area contributed by atoms with E-state index >= 15 is 0 Å². The van der Waals surface area contributed by atoms with Crippen molar-refractivity contribution in [2.24, 2.45) is 11.8 Å². The number of carbonyl (C=O) groups excluding carboxylic acids is 1. The molecule has 190 valence electrons. The van der Waals surface area contributed by atoms with E-state index in [1.54, 1.807) is 22.8 Å². The number of likely N-dealkylation sites (tertiary alicyclic amines) is 1. The Morgan fingerprint density at radius 2 is 1.54 bits per heavy atom. The molecule has 0 unspecified atom stereocenters. The molecule has 2 fully saturated rings. The van der Waals surface area contributed by atoms with Gasteiger partial charge in [0, 0.05) is 31.1 Å². The van der Waals surface area contributed by atoms with Crippen LogP contribution in [0.25, 0.3) is 33.5 Å². The number of carbonyl (C=O) groups is 1. The Labute approximate surface area is 211 Å². The Morgan fingerprint density at radius 3 is 2.19 bits per heavy atom. The lowest BCUT2D eigenvalue weighted by atomic mass is 10.0. The van der Waals surface area contributed by atoms with Crippen LogP contribution in [-0.4, -0.2) is 33.4 Å². The second kappa shape index (κ2) is 9.01. The molecule has 0 bridgehead atoms. The molecule has 0 radical (unpaired) electrons. The normalized spacial score (nSPS) is 18.1. The van der Waals surface area contributed by atoms with Gasteiger partial charge in [-0.3, -0.25) is 4.79 Å². The molecule has 1 saturated carbocycles. The van der Waals surface area contributed by atoms with Crippen molar-refractivity contribution in [3.05, 3.63) is 78.1 Å². The topological polar surface area (TPSA) is 38.1 Å². The lowest BCUT2D eigenvalue weighted by Gasteiger charge is -2.19. The summed E-state index contributed by atoms with van der Waals surface area (Å²) >= 11 is 0. The molecule has 1 amide bonds. The maximum atomic E-state index is 14.0. The van der Waals surface area contributed by atoms with Crippen LogP contribution in [0.1, 0.15) is 24.8 Å². The molecule has 37 heavy (non-hydrogen) atoms. The van der Waals surface area contributed by atoms with Crippen LogP contribution in [0.3, 0.4) is 0 Å². The predicted molar refractivity (Wildman–Crippen MR) is 133 cm³/mol. The number of hydrogen-bond acceptors (Lipinski definition) is 2. The summed E-state index contributed by atoms with van der Waals surface area (Å²) in [7, 11) is 0. The molecule has 6 rings (SSSR count). The zero-order valence-corrected chi connectivity index (χ0v) is 20.0. The van der Waals surface area contributed by atoms with E-state index in [0.717, 1.165) is 36.5 Å². The highest BCUT2D eigenvalue weighted by Crippen LogP contribution is 2.39. The summed E-state index contributed by atoms with van der Waals surface area (Å²) in [6, 6.07) is 17.6. The number of halogens is 4. The fourth-order valence-electron chi connectivity index (χ4n) is 5.30. The summed E-state index contributed by atoms with van der Waals surface area (Å²) in [4.78, 5) is 19.0. The summed E-state index contributed by atoms with van der Waals surface area (Å²) in [6.45, 7) is 1.53. The van der Waals surface area contributed by atoms with Crippen LogP contribution in [-0.2, 0) is 17.5 Å². The van der Waals surface area contributed by atoms with Crippen molar-refractivity contribution in [2.75, 3.05) is 13.1 Å². The van der Waals surface area contributed by atoms with Crippen molar-refractivity contribution in [1.82, 2.24) is 14.5 Å². The molecule has 4 nitrogen and oxygen atoms in total. The third kappa shape index (κ3) is 4.61. The largest absolute Gasteiger partial charge is 0.418 e. The minimum Gasteiger partial charge on any atom is -0.342 e. The number of rotatable bonds is 5. The number of nitrogens with zero attached hydrogens (tertiary/aromatic N) is 3. The average Bonchev–Trinajstić information content (AvgIpc) is 3.53. The monoisotopic (exact) mass is 507 g/mol. The molecular formula is C29H25F4N3O. The van der Waals surface area contributed by atoms with Crippen LogP contribution in [0.5, 0.6) is 0 Å². The van der Waals surface area contributed by atoms with E-state index in [4.69, 9.17) is 0 Å². The van der Waals surface area contributed by atoms with Gasteiger partial charge in [0.05, 0.1) is 16.6 Å². The van der Waals surface area contributed by atoms with Crippen LogP contribution in [0.4, 0.5) is 17.6 Å². The van der Waals surface area contributed by atoms with Crippen molar-refractivity contribution in [3.63, 3.8) is 0 Å². The summed E-state index contributed by atoms with van der Waals surface area (Å²) in [5, 5.41) is 0. The third-order valence-electron chi connectivity index (χ3n) is 7.36. The molecule has 8 heteroatoms. The predicted octanol–water partition coefficient (Wildman–Crippen LogP) is 6.79. The van der Waals surface area contributed by atoms with E-state index < -0.39 is 11.7 Å². The number of alkyl halides is 3. The molecule has 1 saturated heterocycles. The first-order valence-corrected chi connectivity index (χ1v) is 12.5. The third-order valence-corrected chi connectivity index (χ3v) is 7.36. The van der Waals surface area contributed by atoms with Crippen LogP contribution in [0.15, 0.2) is 66.7 Å². The van der Waals surface area contributed by atoms with Crippen LogP contribution < -0.4 is 0 Å². The number of fused-ring (bicyclic) bond motifs is 1. The Balaban J connectivity index is 1.38. The van der Waals surface area contributed by atoms with E-state index in [9.17, 15) is 22.4 Å². The summed E-state index contributed by atoms with van der Waals surface area (Å²) < 4.78 is 57.1. The standard InChI is InChI=1S/C29H25F4N3O/c30-23-12-10-20(11-13-23)19-4-6-21(7-5-19)27-34-25-3-1-2-24(29(31,32)33)26(25)36(27)17-18-14-15-35(16-18)28(37)22-8-9-22/h1-7,10-13,18,22H,8-9,14-17H2/t18-/m1/s1. The van der Waals surface area contributed by atoms with Crippen molar-refractivity contribution < 1.29 is 22.4 Å². The first kappa shape index (κ1) is 23.7. The van der Waals surface area contributed by atoms with E-state index in [2.05, 4.69) is 4.98 Å². The van der Waals surface area contributed by atoms with E-state index in [1.807, 2.05) is 29.2 Å². The van der Waals surface area contributed by atoms with Gasteiger partial charge >= 0.3 is 6.18 Å². The first-order valence-electron chi connectivity index (χ1n) is 12.5. The fraction of sp³-hybridized carbons (Fsp3) is 0.310. The molecule has 0 N–H and O–H groups in total. The summed E-state index contributed by atoms with van der Waals surface area (Å²) in [6.07, 6.45) is -1.92. The summed E-state index contributed by atoms with van der Waals surface area (Å²) in [5.74, 6) is 0.479. The van der Waals surface area contributed by atoms with E-state index in [-0.39, 0.29) is 34.6 Å². The number of hydrogen-bond donors (Lipinski definition) is 0. The lowest BCUT2D eigenvalue weighted by molar-refractivity contribution is -0.136. The highest BCUT2D eigenvalue weighted by Gasteiger charge is 2.38. The van der Waals surface area contributed by atoms with Gasteiger partial charge in [0.15, 0.2) is 0 Å². The molecule has 1 atom stereocenters. The minimum absolute atomic E-state index is 0.0404. The van der Waals surface area contributed by atoms with Crippen LogP contribution in [0, 0.1) is 17.7 Å². The molecule has 2 heterocycles. The van der Waals surface area contributed by atoms with Crippen molar-refractivity contribution in [3.8, 4) is 22.5 Å². The minimum atomic E-state index is -4.52. The number of imidazole rings is 1. The smallest absolute Gasteiger partial charge is 0.342 e. The van der Waals surface area contributed by atoms with Gasteiger partial charge in [0.25, 0.3) is 0 Å². The summed E-state index contributed by atoms with van der Waals surface area (Å²) in [5.41, 5.74) is 2.05. The zero-order valence-electron chi connectivity index (χ0n) is 20.0. The van der Waals surface area contributed by atoms with E-state index in [1.165, 1.54) is 18.2 Å². The lowest BCUT2D eigenvalue weighted by Crippen LogP contribution is -2.30. The molecule has 1 aliphatic carbocycles. The molecule has 1 aliphatic heterocycles. The quantitative estimate of drug-likeness (QED) is 0.279. The van der Waals surface area contributed by atoms with Crippen LogP contribution in [0.2, 0.25) is 0 Å². The van der Waals surface area contributed by atoms with E-state index in [0.29, 0.717) is 31.0 Å². The van der Waals surface area contributed by atoms with Crippen molar-refractivity contribution in [2.45, 2.75) is 32.0 Å². The maximum Gasteiger partial charge on any atom is 0.418 e. The Kier molecular flexibility index (Phi) is 5.77. The molecule has 0 spiro atoms. The Bertz CT molecular complexity index is 1450. The SMILES string of the molecule is O=C(C1CC1)N1CC[C@@H](Cn2c(-c3ccc(-c4ccc(F)cc4)cc3)nc3cccc(C(F)(F)F)c32)C1. The molecular weight excluding hydrogens is 482 g/mol. The van der Waals surface area contributed by atoms with Gasteiger partial charge in [-0.2, -0.15) is 13.2 Å². The van der Waals surface area contributed by atoms with Gasteiger partial charge < -0.3 is 9.47 Å². The second-order valence-electron chi connectivity index (χ2n) is 10.0. The van der Waals surface area contributed by atoms with Gasteiger partial charge in [0.2, 0.25) is 5.91 Å². The van der Waals surface area contributed by atoms with Gasteiger partial charge in [-0.25, -0.2) is 9.37 Å². The van der Waals surface area contributed by atoms with Crippen molar-refractivity contribution in [1.29, 1.82) is 0 Å². The highest BCUT2D eigenvalue weighted by molar-refractivity contribution is 5.85. The van der Waals surface area contributed by atoms with Gasteiger partial charge in [-0.15, -0.1) is 0 Å². The Morgan fingerprint density at radius 1 is 0.892 bits per heavy atom. The van der Waals surface area contributed by atoms with Gasteiger partial charge in [-0.1, -0.05) is 42.5 Å². The molecule has 4 aromatic rings. The zero-order chi connectivity index (χ0) is 25.7. The molecule has 3 aromatic carbocycles. The number of para-hydroxylation sites is 1. The fourth-order valence-corrected chi connectivity index (χ4v) is 5.30. The van der Waals surface area contributed by atoms with Gasteiger partial charge in [-0.05, 0) is 60.6 Å². The number of aromatic nitrogens is 2. The maximum absolute atomic E-state index is 14.0. The number of benzene rings is 3. The van der Waals surface area contributed by atoms with Gasteiger partial charge in [0.1, 0.15) is 11.6 Å². The molecule has 2 aliphatic rings. The Hall–Kier alpha value is -3.68. The number of amides is 1. The molecule has 1 aromatic heterocycles. The highest BCUT2D eigenvalue weighted by atomic mass is 19.4. The van der Waals surface area contributed by atoms with Crippen LogP contribution >= 0.6 is 0 Å².